The summed E-state index contributed by atoms with van der Waals surface area (Å²) in [7, 11) is 0. The highest BCUT2D eigenvalue weighted by molar-refractivity contribution is 6.09. The van der Waals surface area contributed by atoms with Gasteiger partial charge < -0.3 is 9.73 Å². The second-order valence-corrected chi connectivity index (χ2v) is 7.49. The Morgan fingerprint density at radius 3 is 2.50 bits per heavy atom. The van der Waals surface area contributed by atoms with Gasteiger partial charge in [-0.3, -0.25) is 24.3 Å². The number of amides is 2. The van der Waals surface area contributed by atoms with Crippen molar-refractivity contribution in [3.8, 4) is 0 Å². The Morgan fingerprint density at radius 1 is 1.00 bits per heavy atom. The zero-order chi connectivity index (χ0) is 23.9. The minimum Gasteiger partial charge on any atom is -0.467 e. The van der Waals surface area contributed by atoms with Gasteiger partial charge >= 0.3 is 0 Å². The van der Waals surface area contributed by atoms with Gasteiger partial charge in [0, 0.05) is 30.2 Å². The normalized spacial score (nSPS) is 11.4. The van der Waals surface area contributed by atoms with Crippen LogP contribution in [-0.4, -0.2) is 27.6 Å². The van der Waals surface area contributed by atoms with Crippen LogP contribution in [0.2, 0.25) is 0 Å². The molecule has 34 heavy (non-hydrogen) atoms. The molecule has 2 aromatic heterocycles. The zero-order valence-corrected chi connectivity index (χ0v) is 18.4. The van der Waals surface area contributed by atoms with E-state index < -0.39 is 17.9 Å². The lowest BCUT2D eigenvalue weighted by Gasteiger charge is -2.30. The monoisotopic (exact) mass is 454 g/mol. The van der Waals surface area contributed by atoms with Crippen molar-refractivity contribution >= 4 is 23.3 Å². The van der Waals surface area contributed by atoms with Crippen LogP contribution in [0.4, 0.5) is 5.69 Å². The molecule has 2 heterocycles. The Bertz CT molecular complexity index is 1270. The molecule has 4 rings (SSSR count). The molecule has 0 spiro atoms. The van der Waals surface area contributed by atoms with Crippen LogP contribution in [0, 0.1) is 0 Å². The highest BCUT2D eigenvalue weighted by Crippen LogP contribution is 2.30. The molecule has 8 nitrogen and oxygen atoms in total. The summed E-state index contributed by atoms with van der Waals surface area (Å²) in [6.45, 7) is 1.70. The number of rotatable bonds is 8. The number of ketones is 1. The van der Waals surface area contributed by atoms with Gasteiger partial charge in [-0.25, -0.2) is 4.98 Å². The van der Waals surface area contributed by atoms with Crippen LogP contribution < -0.4 is 10.2 Å². The Labute approximate surface area is 196 Å². The van der Waals surface area contributed by atoms with Crippen LogP contribution >= 0.6 is 0 Å². The van der Waals surface area contributed by atoms with E-state index >= 15 is 0 Å². The maximum Gasteiger partial charge on any atom is 0.279 e. The number of hydrogen-bond donors (Lipinski definition) is 1. The average molecular weight is 454 g/mol. The summed E-state index contributed by atoms with van der Waals surface area (Å²) in [6.07, 6.45) is 5.61. The quantitative estimate of drug-likeness (QED) is 0.404. The Kier molecular flexibility index (Phi) is 6.88. The van der Waals surface area contributed by atoms with E-state index in [2.05, 4.69) is 15.3 Å². The molecule has 8 heteroatoms. The molecule has 0 bridgehead atoms. The predicted molar refractivity (Wildman–Crippen MR) is 125 cm³/mol. The molecule has 0 aliphatic rings. The lowest BCUT2D eigenvalue weighted by atomic mass is 10.1. The van der Waals surface area contributed by atoms with E-state index in [9.17, 15) is 14.4 Å². The van der Waals surface area contributed by atoms with Crippen molar-refractivity contribution in [2.75, 3.05) is 4.90 Å². The fourth-order valence-corrected chi connectivity index (χ4v) is 3.49. The highest BCUT2D eigenvalue weighted by atomic mass is 16.3. The van der Waals surface area contributed by atoms with Crippen LogP contribution in [0.5, 0.6) is 0 Å². The summed E-state index contributed by atoms with van der Waals surface area (Å²) in [6, 6.07) is 18.1. The summed E-state index contributed by atoms with van der Waals surface area (Å²) in [5.41, 5.74) is 1.69. The van der Waals surface area contributed by atoms with Crippen LogP contribution in [0.3, 0.4) is 0 Å². The average Bonchev–Trinajstić information content (AvgIpc) is 3.41. The van der Waals surface area contributed by atoms with Crippen LogP contribution in [0.25, 0.3) is 0 Å². The van der Waals surface area contributed by atoms with Crippen molar-refractivity contribution in [2.45, 2.75) is 19.5 Å². The van der Waals surface area contributed by atoms with Gasteiger partial charge in [-0.1, -0.05) is 42.5 Å². The number of Topliss-reactive ketones (excluding diaryl/α,β-unsaturated/α-hetero) is 1. The maximum absolute atomic E-state index is 13.7. The van der Waals surface area contributed by atoms with E-state index in [-0.39, 0.29) is 23.8 Å². The van der Waals surface area contributed by atoms with Gasteiger partial charge in [-0.15, -0.1) is 0 Å². The first-order valence-electron chi connectivity index (χ1n) is 10.6. The van der Waals surface area contributed by atoms with Crippen LogP contribution in [0.15, 0.2) is 96.0 Å². The molecule has 0 saturated heterocycles. The van der Waals surface area contributed by atoms with Crippen molar-refractivity contribution in [1.82, 2.24) is 15.3 Å². The number of benzene rings is 2. The van der Waals surface area contributed by atoms with Gasteiger partial charge in [-0.2, -0.15) is 0 Å². The smallest absolute Gasteiger partial charge is 0.279 e. The fraction of sp³-hybridized carbons (Fsp3) is 0.115. The van der Waals surface area contributed by atoms with Crippen molar-refractivity contribution in [3.05, 3.63) is 114 Å². The lowest BCUT2D eigenvalue weighted by molar-refractivity contribution is -0.123. The van der Waals surface area contributed by atoms with Gasteiger partial charge in [0.05, 0.1) is 12.5 Å². The molecule has 0 fully saturated rings. The van der Waals surface area contributed by atoms with Gasteiger partial charge in [0.1, 0.15) is 11.5 Å². The minimum absolute atomic E-state index is 0.0446. The van der Waals surface area contributed by atoms with Crippen LogP contribution in [-0.2, 0) is 11.3 Å². The maximum atomic E-state index is 13.7. The molecule has 0 unspecified atom stereocenters. The molecule has 0 aliphatic heterocycles. The standard InChI is InChI=1S/C26H22N4O4/c1-18(31)20-9-5-10-21(15-20)30(26(33)22-17-27-12-13-28-22)24(23-11-6-14-34-23)25(32)29-16-19-7-3-2-4-8-19/h2-15,17,24H,16H2,1H3,(H,29,32)/t24-/m1/s1. The summed E-state index contributed by atoms with van der Waals surface area (Å²) in [5.74, 6) is -0.929. The number of nitrogens with zero attached hydrogens (tertiary/aromatic N) is 3. The largest absolute Gasteiger partial charge is 0.467 e. The van der Waals surface area contributed by atoms with E-state index in [4.69, 9.17) is 4.42 Å². The second kappa shape index (κ2) is 10.4. The van der Waals surface area contributed by atoms with E-state index in [0.717, 1.165) is 5.56 Å². The van der Waals surface area contributed by atoms with Crippen molar-refractivity contribution in [2.24, 2.45) is 0 Å². The first kappa shape index (κ1) is 22.6. The molecule has 170 valence electrons. The van der Waals surface area contributed by atoms with E-state index in [0.29, 0.717) is 11.3 Å². The molecule has 2 aromatic carbocycles. The first-order chi connectivity index (χ1) is 16.5. The summed E-state index contributed by atoms with van der Waals surface area (Å²) in [5, 5.41) is 2.89. The first-order valence-corrected chi connectivity index (χ1v) is 10.6. The SMILES string of the molecule is CC(=O)c1cccc(N(C(=O)c2cnccn2)[C@@H](C(=O)NCc2ccccc2)c2ccco2)c1. The third kappa shape index (κ3) is 5.07. The number of aromatic nitrogens is 2. The third-order valence-electron chi connectivity index (χ3n) is 5.16. The summed E-state index contributed by atoms with van der Waals surface area (Å²) >= 11 is 0. The molecule has 4 aromatic rings. The van der Waals surface area contributed by atoms with E-state index in [1.54, 1.807) is 36.4 Å². The van der Waals surface area contributed by atoms with Crippen molar-refractivity contribution in [1.29, 1.82) is 0 Å². The molecule has 1 N–H and O–H groups in total. The second-order valence-electron chi connectivity index (χ2n) is 7.49. The van der Waals surface area contributed by atoms with Gasteiger partial charge in [-0.05, 0) is 36.8 Å². The zero-order valence-electron chi connectivity index (χ0n) is 18.4. The minimum atomic E-state index is -1.16. The topological polar surface area (TPSA) is 105 Å². The van der Waals surface area contributed by atoms with Crippen molar-refractivity contribution in [3.63, 3.8) is 0 Å². The number of nitrogens with one attached hydrogen (secondary N) is 1. The molecule has 0 aliphatic carbocycles. The van der Waals surface area contributed by atoms with E-state index in [1.165, 1.54) is 36.7 Å². The molecule has 0 radical (unpaired) electrons. The molecular formula is C26H22N4O4. The Balaban J connectivity index is 1.78. The van der Waals surface area contributed by atoms with Gasteiger partial charge in [0.15, 0.2) is 11.8 Å². The Morgan fingerprint density at radius 2 is 1.82 bits per heavy atom. The van der Waals surface area contributed by atoms with Gasteiger partial charge in [0.2, 0.25) is 0 Å². The molecule has 1 atom stereocenters. The summed E-state index contributed by atoms with van der Waals surface area (Å²) in [4.78, 5) is 48.6. The van der Waals surface area contributed by atoms with Gasteiger partial charge in [0.25, 0.3) is 11.8 Å². The van der Waals surface area contributed by atoms with Crippen molar-refractivity contribution < 1.29 is 18.8 Å². The number of anilines is 1. The number of furan rings is 1. The highest BCUT2D eigenvalue weighted by Gasteiger charge is 2.36. The third-order valence-corrected chi connectivity index (χ3v) is 5.16. The molecule has 0 saturated carbocycles. The predicted octanol–water partition coefficient (Wildman–Crippen LogP) is 3.98. The molecular weight excluding hydrogens is 432 g/mol. The number of carbonyl (C=O) groups is 3. The van der Waals surface area contributed by atoms with E-state index in [1.807, 2.05) is 30.3 Å². The van der Waals surface area contributed by atoms with Crippen LogP contribution in [0.1, 0.15) is 45.1 Å². The fourth-order valence-electron chi connectivity index (χ4n) is 3.49. The molecule has 2 amide bonds. The lowest BCUT2D eigenvalue weighted by Crippen LogP contribution is -2.44. The summed E-state index contributed by atoms with van der Waals surface area (Å²) < 4.78 is 5.58. The Hall–Kier alpha value is -4.59. The number of carbonyl (C=O) groups excluding carboxylic acids is 3. The number of hydrogen-bond acceptors (Lipinski definition) is 6.